The summed E-state index contributed by atoms with van der Waals surface area (Å²) in [6.45, 7) is 6.50. The minimum Gasteiger partial charge on any atom is -0.359 e. The third kappa shape index (κ3) is 4.75. The van der Waals surface area contributed by atoms with E-state index >= 15 is 0 Å². The molecule has 6 nitrogen and oxygen atoms in total. The Balaban J connectivity index is 0.914. The zero-order valence-corrected chi connectivity index (χ0v) is 30.4. The summed E-state index contributed by atoms with van der Waals surface area (Å²) >= 11 is 0. The predicted octanol–water partition coefficient (Wildman–Crippen LogP) is 10.1. The highest BCUT2D eigenvalue weighted by Gasteiger charge is 2.49. The van der Waals surface area contributed by atoms with Crippen LogP contribution in [-0.2, 0) is 0 Å². The lowest BCUT2D eigenvalue weighted by atomic mass is 9.76. The van der Waals surface area contributed by atoms with Crippen molar-refractivity contribution in [2.75, 3.05) is 10.2 Å². The van der Waals surface area contributed by atoms with Crippen LogP contribution in [0.1, 0.15) is 71.9 Å². The van der Waals surface area contributed by atoms with Crippen LogP contribution in [0.5, 0.6) is 0 Å². The minimum atomic E-state index is 0.00573. The Bertz CT molecular complexity index is 2450. The van der Waals surface area contributed by atoms with Crippen molar-refractivity contribution in [3.63, 3.8) is 0 Å². The van der Waals surface area contributed by atoms with Crippen LogP contribution in [0.15, 0.2) is 149 Å². The van der Waals surface area contributed by atoms with E-state index in [1.54, 1.807) is 0 Å². The standard InChI is InChI=1S/C48H42N6/c1-3-30-20-21-32(42-26-37-39(28-50-42)35-14-6-10-18-44(35)54-46-29(2)12-4-7-16-41(46)52-48(37)54)24-31(30)22-23-33-25-36-38(27-49-33)34-13-5-9-17-43(34)53-45-19-11-8-15-40(45)51-47(36)53/h3-8,10-16,18-25,27-29,35,41-42,44,46-47,51H,1,9,17,26H2,2H3/b23-22+/t29-,35?,41?,42?,44?,46-,47?/m0/s1. The monoisotopic (exact) mass is 702 g/mol. The molecule has 0 saturated carbocycles. The molecule has 264 valence electrons. The molecule has 0 bridgehead atoms. The second kappa shape index (κ2) is 12.3. The maximum absolute atomic E-state index is 5.43. The first-order valence-electron chi connectivity index (χ1n) is 19.5. The summed E-state index contributed by atoms with van der Waals surface area (Å²) in [6.07, 6.45) is 36.2. The van der Waals surface area contributed by atoms with Crippen molar-refractivity contribution in [2.24, 2.45) is 21.8 Å². The number of dihydropyridines is 1. The molecule has 0 fully saturated rings. The Hall–Kier alpha value is -6.01. The van der Waals surface area contributed by atoms with Crippen molar-refractivity contribution in [3.05, 3.63) is 172 Å². The summed E-state index contributed by atoms with van der Waals surface area (Å²) in [7, 11) is 0. The Morgan fingerprint density at radius 2 is 1.83 bits per heavy atom. The number of rotatable bonds is 4. The number of nitrogens with one attached hydrogen (secondary N) is 1. The highest BCUT2D eigenvalue weighted by atomic mass is 15.3. The van der Waals surface area contributed by atoms with Gasteiger partial charge < -0.3 is 15.1 Å². The number of benzene rings is 2. The molecular formula is C48H42N6. The quantitative estimate of drug-likeness (QED) is 0.294. The summed E-state index contributed by atoms with van der Waals surface area (Å²) < 4.78 is 0. The molecule has 7 atom stereocenters. The Morgan fingerprint density at radius 3 is 2.78 bits per heavy atom. The van der Waals surface area contributed by atoms with E-state index in [4.69, 9.17) is 15.0 Å². The van der Waals surface area contributed by atoms with Crippen molar-refractivity contribution in [1.29, 1.82) is 0 Å². The van der Waals surface area contributed by atoms with Gasteiger partial charge in [-0.25, -0.2) is 0 Å². The molecule has 2 aromatic carbocycles. The SMILES string of the molecule is C=Cc1ccc(C2CC3=C(C=N2)C2C=CC=CC2N2C3=NC3C=CC=C[C@H](C)[C@@H]32)cc1/C=C/c1cc2c(cn1)C1=C(CCC=C1)N1c3ccccc3NC21. The average Bonchev–Trinajstić information content (AvgIpc) is 3.76. The predicted molar refractivity (Wildman–Crippen MR) is 223 cm³/mol. The number of hydrogen-bond acceptors (Lipinski definition) is 6. The van der Waals surface area contributed by atoms with Crippen LogP contribution >= 0.6 is 0 Å². The zero-order valence-electron chi connectivity index (χ0n) is 30.4. The van der Waals surface area contributed by atoms with Gasteiger partial charge in [0.15, 0.2) is 0 Å². The molecule has 3 aromatic rings. The normalized spacial score (nSPS) is 29.1. The van der Waals surface area contributed by atoms with Crippen molar-refractivity contribution >= 4 is 47.2 Å². The van der Waals surface area contributed by atoms with Gasteiger partial charge in [0.2, 0.25) is 0 Å². The molecule has 6 heterocycles. The number of fused-ring (bicyclic) bond motifs is 14. The molecule has 54 heavy (non-hydrogen) atoms. The first kappa shape index (κ1) is 31.5. The van der Waals surface area contributed by atoms with Crippen LogP contribution in [0, 0.1) is 11.8 Å². The Kier molecular flexibility index (Phi) is 7.16. The van der Waals surface area contributed by atoms with Gasteiger partial charge in [0.05, 0.1) is 41.2 Å². The molecule has 0 radical (unpaired) electrons. The van der Waals surface area contributed by atoms with E-state index in [9.17, 15) is 0 Å². The van der Waals surface area contributed by atoms with Gasteiger partial charge >= 0.3 is 0 Å². The van der Waals surface area contributed by atoms with Gasteiger partial charge in [0.25, 0.3) is 0 Å². The van der Waals surface area contributed by atoms with E-state index in [2.05, 4.69) is 162 Å². The van der Waals surface area contributed by atoms with Crippen LogP contribution in [0.4, 0.5) is 11.4 Å². The highest BCUT2D eigenvalue weighted by molar-refractivity contribution is 6.08. The lowest BCUT2D eigenvalue weighted by Gasteiger charge is -2.46. The lowest BCUT2D eigenvalue weighted by molar-refractivity contribution is 0.212. The summed E-state index contributed by atoms with van der Waals surface area (Å²) in [5, 5.41) is 3.82. The lowest BCUT2D eigenvalue weighted by Crippen LogP contribution is -2.54. The molecule has 6 heteroatoms. The molecule has 0 spiro atoms. The smallest absolute Gasteiger partial charge is 0.131 e. The van der Waals surface area contributed by atoms with Gasteiger partial charge in [-0.3, -0.25) is 15.0 Å². The molecule has 0 saturated heterocycles. The molecule has 3 aliphatic carbocycles. The van der Waals surface area contributed by atoms with E-state index in [-0.39, 0.29) is 30.2 Å². The fraction of sp³-hybridized carbons (Fsp3) is 0.229. The van der Waals surface area contributed by atoms with Gasteiger partial charge in [0.1, 0.15) is 12.0 Å². The number of hydrogen-bond donors (Lipinski definition) is 1. The summed E-state index contributed by atoms with van der Waals surface area (Å²) in [5.74, 6) is 1.84. The summed E-state index contributed by atoms with van der Waals surface area (Å²) in [4.78, 5) is 20.8. The number of anilines is 2. The summed E-state index contributed by atoms with van der Waals surface area (Å²) in [6, 6.07) is 18.3. The van der Waals surface area contributed by atoms with Gasteiger partial charge in [-0.2, -0.15) is 0 Å². The average molecular weight is 703 g/mol. The fourth-order valence-electron chi connectivity index (χ4n) is 10.0. The molecule has 1 N–H and O–H groups in total. The summed E-state index contributed by atoms with van der Waals surface area (Å²) in [5.41, 5.74) is 14.6. The Morgan fingerprint density at radius 1 is 0.944 bits per heavy atom. The van der Waals surface area contributed by atoms with E-state index in [1.807, 2.05) is 6.08 Å². The van der Waals surface area contributed by atoms with E-state index in [0.717, 1.165) is 41.9 Å². The van der Waals surface area contributed by atoms with Crippen molar-refractivity contribution in [3.8, 4) is 0 Å². The second-order valence-electron chi connectivity index (χ2n) is 15.5. The molecule has 8 aliphatic rings. The number of allylic oxidation sites excluding steroid dienone is 8. The molecule has 11 rings (SSSR count). The second-order valence-corrected chi connectivity index (χ2v) is 15.5. The minimum absolute atomic E-state index is 0.00573. The van der Waals surface area contributed by atoms with E-state index in [0.29, 0.717) is 12.0 Å². The van der Waals surface area contributed by atoms with Gasteiger partial charge in [0, 0.05) is 52.7 Å². The van der Waals surface area contributed by atoms with Gasteiger partial charge in [-0.1, -0.05) is 111 Å². The number of nitrogens with zero attached hydrogens (tertiary/aromatic N) is 5. The fourth-order valence-corrected chi connectivity index (χ4v) is 10.0. The number of pyridine rings is 1. The van der Waals surface area contributed by atoms with Crippen LogP contribution in [0.2, 0.25) is 0 Å². The maximum atomic E-state index is 5.43. The first-order valence-corrected chi connectivity index (χ1v) is 19.5. The first-order chi connectivity index (χ1) is 26.6. The topological polar surface area (TPSA) is 56.1 Å². The highest BCUT2D eigenvalue weighted by Crippen LogP contribution is 2.52. The molecular weight excluding hydrogens is 661 g/mol. The Labute approximate surface area is 317 Å². The van der Waals surface area contributed by atoms with Crippen molar-refractivity contribution in [2.45, 2.75) is 56.5 Å². The van der Waals surface area contributed by atoms with Crippen LogP contribution in [0.3, 0.4) is 0 Å². The molecule has 0 amide bonds. The van der Waals surface area contributed by atoms with E-state index in [1.165, 1.54) is 50.5 Å². The number of aromatic nitrogens is 1. The largest absolute Gasteiger partial charge is 0.359 e. The van der Waals surface area contributed by atoms with Crippen molar-refractivity contribution in [1.82, 2.24) is 9.88 Å². The van der Waals surface area contributed by atoms with Crippen LogP contribution in [-0.4, -0.2) is 40.1 Å². The zero-order chi connectivity index (χ0) is 35.9. The molecule has 1 aromatic heterocycles. The number of para-hydroxylation sites is 2. The third-order valence-electron chi connectivity index (χ3n) is 12.6. The maximum Gasteiger partial charge on any atom is 0.131 e. The molecule has 5 aliphatic heterocycles. The van der Waals surface area contributed by atoms with E-state index < -0.39 is 0 Å². The van der Waals surface area contributed by atoms with Gasteiger partial charge in [-0.15, -0.1) is 0 Å². The third-order valence-corrected chi connectivity index (χ3v) is 12.6. The molecule has 5 unspecified atom stereocenters. The van der Waals surface area contributed by atoms with Crippen molar-refractivity contribution < 1.29 is 0 Å². The van der Waals surface area contributed by atoms with Crippen LogP contribution in [0.25, 0.3) is 23.8 Å². The van der Waals surface area contributed by atoms with Gasteiger partial charge in [-0.05, 0) is 71.4 Å². The number of amidine groups is 1. The van der Waals surface area contributed by atoms with Crippen LogP contribution < -0.4 is 10.2 Å². The number of aliphatic imine (C=N–C) groups is 2.